The minimum absolute atomic E-state index is 0.0793. The third-order valence-electron chi connectivity index (χ3n) is 5.51. The van der Waals surface area contributed by atoms with Crippen molar-refractivity contribution < 1.29 is 9.18 Å². The molecule has 132 valence electrons. The minimum atomic E-state index is -0.190. The summed E-state index contributed by atoms with van der Waals surface area (Å²) in [6.07, 6.45) is 3.10. The quantitative estimate of drug-likeness (QED) is 0.847. The van der Waals surface area contributed by atoms with Crippen molar-refractivity contribution in [1.29, 1.82) is 0 Å². The van der Waals surface area contributed by atoms with Gasteiger partial charge in [-0.1, -0.05) is 19.1 Å². The van der Waals surface area contributed by atoms with Crippen molar-refractivity contribution in [1.82, 2.24) is 14.7 Å². The Labute approximate surface area is 144 Å². The molecule has 2 fully saturated rings. The van der Waals surface area contributed by atoms with Crippen LogP contribution in [-0.4, -0.2) is 66.4 Å². The molecule has 2 aliphatic heterocycles. The van der Waals surface area contributed by atoms with E-state index in [-0.39, 0.29) is 11.9 Å². The van der Waals surface area contributed by atoms with Crippen molar-refractivity contribution in [2.24, 2.45) is 0 Å². The number of piperazine rings is 1. The number of carbonyl (C=O) groups is 1. The average Bonchev–Trinajstić information content (AvgIpc) is 3.03. The Bertz CT molecular complexity index is 554. The monoisotopic (exact) mass is 333 g/mol. The highest BCUT2D eigenvalue weighted by molar-refractivity contribution is 5.82. The highest BCUT2D eigenvalue weighted by Crippen LogP contribution is 2.26. The lowest BCUT2D eigenvalue weighted by molar-refractivity contribution is -0.137. The topological polar surface area (TPSA) is 26.8 Å². The number of nitrogens with zero attached hydrogens (tertiary/aromatic N) is 3. The van der Waals surface area contributed by atoms with E-state index in [1.54, 1.807) is 0 Å². The Morgan fingerprint density at radius 3 is 2.38 bits per heavy atom. The molecule has 4 nitrogen and oxygen atoms in total. The maximum Gasteiger partial charge on any atom is 0.240 e. The van der Waals surface area contributed by atoms with Crippen LogP contribution >= 0.6 is 0 Å². The van der Waals surface area contributed by atoms with Gasteiger partial charge in [-0.25, -0.2) is 4.39 Å². The Hall–Kier alpha value is -1.46. The van der Waals surface area contributed by atoms with Gasteiger partial charge < -0.3 is 4.90 Å². The van der Waals surface area contributed by atoms with Crippen LogP contribution in [0.4, 0.5) is 4.39 Å². The van der Waals surface area contributed by atoms with E-state index in [1.807, 2.05) is 24.1 Å². The molecule has 0 aromatic heterocycles. The van der Waals surface area contributed by atoms with Crippen molar-refractivity contribution in [3.8, 4) is 0 Å². The fourth-order valence-electron chi connectivity index (χ4n) is 4.08. The summed E-state index contributed by atoms with van der Waals surface area (Å²) in [5, 5.41) is 0. The summed E-state index contributed by atoms with van der Waals surface area (Å²) < 4.78 is 13.2. The molecule has 0 unspecified atom stereocenters. The largest absolute Gasteiger partial charge is 0.339 e. The van der Waals surface area contributed by atoms with Gasteiger partial charge in [0.2, 0.25) is 5.91 Å². The van der Waals surface area contributed by atoms with Crippen LogP contribution < -0.4 is 0 Å². The summed E-state index contributed by atoms with van der Waals surface area (Å²) in [5.41, 5.74) is 1.16. The molecule has 0 saturated carbocycles. The fourth-order valence-corrected chi connectivity index (χ4v) is 4.08. The zero-order valence-electron chi connectivity index (χ0n) is 14.7. The number of rotatable bonds is 4. The lowest BCUT2D eigenvalue weighted by atomic mass is 10.0. The van der Waals surface area contributed by atoms with Crippen molar-refractivity contribution in [2.45, 2.75) is 38.3 Å². The van der Waals surface area contributed by atoms with Crippen LogP contribution in [0.1, 0.15) is 37.8 Å². The molecule has 2 heterocycles. The normalized spacial score (nSPS) is 24.3. The van der Waals surface area contributed by atoms with Gasteiger partial charge in [-0.2, -0.15) is 0 Å². The Balaban J connectivity index is 1.59. The van der Waals surface area contributed by atoms with Gasteiger partial charge in [0.15, 0.2) is 0 Å². The van der Waals surface area contributed by atoms with Gasteiger partial charge >= 0.3 is 0 Å². The van der Waals surface area contributed by atoms with Crippen LogP contribution in [0.3, 0.4) is 0 Å². The molecular weight excluding hydrogens is 305 g/mol. The second-order valence-corrected chi connectivity index (χ2v) is 6.98. The third-order valence-corrected chi connectivity index (χ3v) is 5.51. The van der Waals surface area contributed by atoms with E-state index < -0.39 is 0 Å². The van der Waals surface area contributed by atoms with Gasteiger partial charge in [0.25, 0.3) is 0 Å². The van der Waals surface area contributed by atoms with E-state index >= 15 is 0 Å². The first-order chi connectivity index (χ1) is 11.6. The molecule has 3 rings (SSSR count). The molecule has 2 saturated heterocycles. The minimum Gasteiger partial charge on any atom is -0.339 e. The van der Waals surface area contributed by atoms with Crippen LogP contribution in [-0.2, 0) is 4.79 Å². The number of likely N-dealkylation sites (tertiary alicyclic amines) is 1. The molecule has 2 aliphatic rings. The van der Waals surface area contributed by atoms with E-state index in [0.717, 1.165) is 57.5 Å². The molecule has 0 radical (unpaired) electrons. The molecule has 0 spiro atoms. The number of amides is 1. The lowest BCUT2D eigenvalue weighted by Gasteiger charge is -2.40. The molecule has 1 amide bonds. The first kappa shape index (κ1) is 17.4. The maximum absolute atomic E-state index is 13.2. The van der Waals surface area contributed by atoms with Gasteiger partial charge in [-0.3, -0.25) is 14.6 Å². The Kier molecular flexibility index (Phi) is 5.51. The van der Waals surface area contributed by atoms with E-state index in [0.29, 0.717) is 11.9 Å². The predicted octanol–water partition coefficient (Wildman–Crippen LogP) is 2.52. The molecule has 1 aromatic rings. The number of benzene rings is 1. The summed E-state index contributed by atoms with van der Waals surface area (Å²) in [6, 6.07) is 7.22. The maximum atomic E-state index is 13.2. The summed E-state index contributed by atoms with van der Waals surface area (Å²) in [6.45, 7) is 6.55. The number of hydrogen-bond donors (Lipinski definition) is 0. The lowest BCUT2D eigenvalue weighted by Crippen LogP contribution is -2.53. The molecule has 0 aliphatic carbocycles. The predicted molar refractivity (Wildman–Crippen MR) is 93.2 cm³/mol. The average molecular weight is 333 g/mol. The van der Waals surface area contributed by atoms with Crippen LogP contribution in [0.5, 0.6) is 0 Å². The Morgan fingerprint density at radius 1 is 1.17 bits per heavy atom. The second kappa shape index (κ2) is 7.62. The van der Waals surface area contributed by atoms with E-state index in [1.165, 1.54) is 12.1 Å². The van der Waals surface area contributed by atoms with Gasteiger partial charge in [0.05, 0.1) is 6.04 Å². The highest BCUT2D eigenvalue weighted by atomic mass is 19.1. The molecular formula is C19H28FN3O. The van der Waals surface area contributed by atoms with E-state index in [4.69, 9.17) is 0 Å². The van der Waals surface area contributed by atoms with Crippen LogP contribution in [0.2, 0.25) is 0 Å². The molecule has 0 N–H and O–H groups in total. The molecule has 5 heteroatoms. The van der Waals surface area contributed by atoms with E-state index in [9.17, 15) is 9.18 Å². The van der Waals surface area contributed by atoms with Crippen molar-refractivity contribution in [2.75, 3.05) is 39.8 Å². The summed E-state index contributed by atoms with van der Waals surface area (Å²) in [4.78, 5) is 19.3. The van der Waals surface area contributed by atoms with Gasteiger partial charge in [-0.15, -0.1) is 0 Å². The third kappa shape index (κ3) is 3.62. The zero-order valence-corrected chi connectivity index (χ0v) is 14.7. The van der Waals surface area contributed by atoms with Crippen LogP contribution in [0.25, 0.3) is 0 Å². The molecule has 0 bridgehead atoms. The zero-order chi connectivity index (χ0) is 17.1. The second-order valence-electron chi connectivity index (χ2n) is 6.98. The SMILES string of the molecule is CC[C@H](c1ccc(F)cc1)N1CCN(C(=O)[C@H]2CCCN2C)CC1. The van der Waals surface area contributed by atoms with Crippen molar-refractivity contribution in [3.63, 3.8) is 0 Å². The summed E-state index contributed by atoms with van der Waals surface area (Å²) in [7, 11) is 2.05. The van der Waals surface area contributed by atoms with Gasteiger partial charge in [0, 0.05) is 32.2 Å². The van der Waals surface area contributed by atoms with Crippen molar-refractivity contribution >= 4 is 5.91 Å². The van der Waals surface area contributed by atoms with Gasteiger partial charge in [0.1, 0.15) is 5.82 Å². The van der Waals surface area contributed by atoms with E-state index in [2.05, 4.69) is 16.7 Å². The Morgan fingerprint density at radius 2 is 1.83 bits per heavy atom. The van der Waals surface area contributed by atoms with Crippen molar-refractivity contribution in [3.05, 3.63) is 35.6 Å². The smallest absolute Gasteiger partial charge is 0.240 e. The number of likely N-dealkylation sites (N-methyl/N-ethyl adjacent to an activating group) is 1. The molecule has 2 atom stereocenters. The van der Waals surface area contributed by atoms with Gasteiger partial charge in [-0.05, 0) is 50.6 Å². The number of hydrogen-bond acceptors (Lipinski definition) is 3. The molecule has 24 heavy (non-hydrogen) atoms. The van der Waals surface area contributed by atoms with Crippen LogP contribution in [0.15, 0.2) is 24.3 Å². The summed E-state index contributed by atoms with van der Waals surface area (Å²) >= 11 is 0. The first-order valence-corrected chi connectivity index (χ1v) is 9.08. The summed E-state index contributed by atoms with van der Waals surface area (Å²) in [5.74, 6) is 0.106. The fraction of sp³-hybridized carbons (Fsp3) is 0.632. The highest BCUT2D eigenvalue weighted by Gasteiger charge is 2.33. The van der Waals surface area contributed by atoms with Crippen LogP contribution in [0, 0.1) is 5.82 Å². The standard InChI is InChI=1S/C19H28FN3O/c1-3-17(15-6-8-16(20)9-7-15)22-11-13-23(14-12-22)19(24)18-5-4-10-21(18)2/h6-9,17-18H,3-5,10-14H2,1-2H3/t17-,18-/m1/s1. The molecule has 1 aromatic carbocycles. The number of carbonyl (C=O) groups excluding carboxylic acids is 1. The first-order valence-electron chi connectivity index (χ1n) is 9.08. The number of halogens is 1.